The number of rotatable bonds is 8. The Morgan fingerprint density at radius 2 is 1.75 bits per heavy atom. The summed E-state index contributed by atoms with van der Waals surface area (Å²) >= 11 is 0. The van der Waals surface area contributed by atoms with E-state index in [-0.39, 0.29) is 0 Å². The van der Waals surface area contributed by atoms with Crippen molar-refractivity contribution < 1.29 is 9.15 Å². The number of ether oxygens (including phenoxy) is 1. The van der Waals surface area contributed by atoms with Gasteiger partial charge in [0.15, 0.2) is 0 Å². The van der Waals surface area contributed by atoms with Gasteiger partial charge in [0, 0.05) is 5.69 Å². The number of hydrogen-bond donors (Lipinski definition) is 1. The van der Waals surface area contributed by atoms with Crippen LogP contribution >= 0.6 is 0 Å². The Balaban J connectivity index is 1.47. The lowest BCUT2D eigenvalue weighted by atomic mass is 10.1. The van der Waals surface area contributed by atoms with E-state index < -0.39 is 0 Å². The van der Waals surface area contributed by atoms with E-state index in [2.05, 4.69) is 30.3 Å². The Kier molecular flexibility index (Phi) is 5.56. The molecule has 0 unspecified atom stereocenters. The van der Waals surface area contributed by atoms with Crippen LogP contribution in [0, 0.1) is 0 Å². The lowest BCUT2D eigenvalue weighted by Crippen LogP contribution is -2.00. The minimum Gasteiger partial charge on any atom is -0.493 e. The van der Waals surface area contributed by atoms with Crippen LogP contribution in [-0.4, -0.2) is 6.61 Å². The summed E-state index contributed by atoms with van der Waals surface area (Å²) < 4.78 is 11.4. The van der Waals surface area contributed by atoms with Gasteiger partial charge in [-0.1, -0.05) is 30.3 Å². The second kappa shape index (κ2) is 8.25. The second-order valence-electron chi connectivity index (χ2n) is 5.88. The smallest absolute Gasteiger partial charge is 0.137 e. The molecule has 3 rings (SSSR count). The van der Waals surface area contributed by atoms with Gasteiger partial charge in [0.2, 0.25) is 0 Å². The summed E-state index contributed by atoms with van der Waals surface area (Å²) in [6, 6.07) is 20.1. The Bertz CT molecular complexity index is 736. The van der Waals surface area contributed by atoms with E-state index in [0.29, 0.717) is 12.3 Å². The molecule has 124 valence electrons. The average Bonchev–Trinajstić information content (AvgIpc) is 3.14. The van der Waals surface area contributed by atoms with Crippen molar-refractivity contribution in [3.63, 3.8) is 0 Å². The number of nitrogen functional groups attached to an aromatic ring is 1. The number of furan rings is 1. The van der Waals surface area contributed by atoms with Crippen molar-refractivity contribution in [2.75, 3.05) is 12.3 Å². The zero-order chi connectivity index (χ0) is 16.6. The molecule has 0 radical (unpaired) electrons. The molecule has 2 N–H and O–H groups in total. The largest absolute Gasteiger partial charge is 0.493 e. The zero-order valence-corrected chi connectivity index (χ0v) is 13.8. The van der Waals surface area contributed by atoms with Gasteiger partial charge in [-0.05, 0) is 61.6 Å². The molecule has 0 saturated heterocycles. The first kappa shape index (κ1) is 16.2. The van der Waals surface area contributed by atoms with Gasteiger partial charge in [0.05, 0.1) is 18.4 Å². The normalized spacial score (nSPS) is 10.7. The predicted octanol–water partition coefficient (Wildman–Crippen LogP) is 5.32. The van der Waals surface area contributed by atoms with Gasteiger partial charge in [0.25, 0.3) is 0 Å². The van der Waals surface area contributed by atoms with Crippen LogP contribution in [0.3, 0.4) is 0 Å². The first-order valence-electron chi connectivity index (χ1n) is 8.43. The summed E-state index contributed by atoms with van der Waals surface area (Å²) in [5, 5.41) is 0. The summed E-state index contributed by atoms with van der Waals surface area (Å²) in [6.45, 7) is 0.701. The highest BCUT2D eigenvalue weighted by atomic mass is 16.5. The highest BCUT2D eigenvalue weighted by molar-refractivity contribution is 5.70. The fourth-order valence-corrected chi connectivity index (χ4v) is 2.73. The molecule has 0 aliphatic rings. The SMILES string of the molecule is Nc1ccc(OCCCCCc2ccccc2)c(-c2ccco2)c1. The summed E-state index contributed by atoms with van der Waals surface area (Å²) in [5.41, 5.74) is 8.90. The minimum atomic E-state index is 0.701. The third kappa shape index (κ3) is 4.42. The van der Waals surface area contributed by atoms with Gasteiger partial charge in [0.1, 0.15) is 11.5 Å². The standard InChI is InChI=1S/C21H23NO2/c22-18-12-13-21(19(16-18)20-11-7-15-24-20)23-14-6-2-5-10-17-8-3-1-4-9-17/h1,3-4,7-9,11-13,15-16H,2,5-6,10,14,22H2. The van der Waals surface area contributed by atoms with Gasteiger partial charge in [-0.2, -0.15) is 0 Å². The Labute approximate surface area is 143 Å². The topological polar surface area (TPSA) is 48.4 Å². The summed E-state index contributed by atoms with van der Waals surface area (Å²) in [6.07, 6.45) is 6.15. The van der Waals surface area contributed by atoms with Crippen LogP contribution in [0.15, 0.2) is 71.3 Å². The van der Waals surface area contributed by atoms with Crippen molar-refractivity contribution in [3.8, 4) is 17.1 Å². The lowest BCUT2D eigenvalue weighted by molar-refractivity contribution is 0.306. The van der Waals surface area contributed by atoms with E-state index in [4.69, 9.17) is 14.9 Å². The minimum absolute atomic E-state index is 0.701. The van der Waals surface area contributed by atoms with E-state index in [1.165, 1.54) is 12.0 Å². The van der Waals surface area contributed by atoms with Crippen molar-refractivity contribution >= 4 is 5.69 Å². The van der Waals surface area contributed by atoms with E-state index in [1.54, 1.807) is 6.26 Å². The van der Waals surface area contributed by atoms with E-state index in [9.17, 15) is 0 Å². The molecule has 1 aromatic heterocycles. The molecule has 0 saturated carbocycles. The molecule has 3 aromatic rings. The van der Waals surface area contributed by atoms with Gasteiger partial charge in [-0.3, -0.25) is 0 Å². The van der Waals surface area contributed by atoms with Gasteiger partial charge < -0.3 is 14.9 Å². The van der Waals surface area contributed by atoms with Crippen LogP contribution < -0.4 is 10.5 Å². The molecule has 0 spiro atoms. The first-order valence-corrected chi connectivity index (χ1v) is 8.43. The van der Waals surface area contributed by atoms with Gasteiger partial charge >= 0.3 is 0 Å². The van der Waals surface area contributed by atoms with Gasteiger partial charge in [-0.15, -0.1) is 0 Å². The van der Waals surface area contributed by atoms with Crippen LogP contribution in [0.5, 0.6) is 5.75 Å². The fraction of sp³-hybridized carbons (Fsp3) is 0.238. The van der Waals surface area contributed by atoms with E-state index in [0.717, 1.165) is 36.3 Å². The van der Waals surface area contributed by atoms with E-state index in [1.807, 2.05) is 30.3 Å². The Hall–Kier alpha value is -2.68. The number of nitrogens with two attached hydrogens (primary N) is 1. The van der Waals surface area contributed by atoms with Crippen LogP contribution in [-0.2, 0) is 6.42 Å². The molecule has 0 atom stereocenters. The first-order chi connectivity index (χ1) is 11.8. The van der Waals surface area contributed by atoms with Crippen molar-refractivity contribution in [2.24, 2.45) is 0 Å². The molecule has 3 nitrogen and oxygen atoms in total. The molecule has 0 aliphatic heterocycles. The number of aryl methyl sites for hydroxylation is 1. The molecule has 0 bridgehead atoms. The predicted molar refractivity (Wildman–Crippen MR) is 98.0 cm³/mol. The zero-order valence-electron chi connectivity index (χ0n) is 13.8. The average molecular weight is 321 g/mol. The molecule has 3 heteroatoms. The van der Waals surface area contributed by atoms with Crippen LogP contribution in [0.25, 0.3) is 11.3 Å². The van der Waals surface area contributed by atoms with Gasteiger partial charge in [-0.25, -0.2) is 0 Å². The highest BCUT2D eigenvalue weighted by Gasteiger charge is 2.09. The molecular weight excluding hydrogens is 298 g/mol. The number of anilines is 1. The Morgan fingerprint density at radius 1 is 0.875 bits per heavy atom. The molecule has 24 heavy (non-hydrogen) atoms. The maximum atomic E-state index is 5.95. The summed E-state index contributed by atoms with van der Waals surface area (Å²) in [4.78, 5) is 0. The number of benzene rings is 2. The van der Waals surface area contributed by atoms with Crippen molar-refractivity contribution in [2.45, 2.75) is 25.7 Å². The van der Waals surface area contributed by atoms with Crippen LogP contribution in [0.2, 0.25) is 0 Å². The maximum absolute atomic E-state index is 5.95. The molecule has 0 aliphatic carbocycles. The lowest BCUT2D eigenvalue weighted by Gasteiger charge is -2.11. The van der Waals surface area contributed by atoms with Crippen molar-refractivity contribution in [3.05, 3.63) is 72.5 Å². The third-order valence-corrected chi connectivity index (χ3v) is 4.00. The molecular formula is C21H23NO2. The molecule has 0 fully saturated rings. The third-order valence-electron chi connectivity index (χ3n) is 4.00. The summed E-state index contributed by atoms with van der Waals surface area (Å²) in [5.74, 6) is 1.60. The monoisotopic (exact) mass is 321 g/mol. The second-order valence-corrected chi connectivity index (χ2v) is 5.88. The fourth-order valence-electron chi connectivity index (χ4n) is 2.73. The van der Waals surface area contributed by atoms with E-state index >= 15 is 0 Å². The number of unbranched alkanes of at least 4 members (excludes halogenated alkanes) is 2. The maximum Gasteiger partial charge on any atom is 0.137 e. The molecule has 0 amide bonds. The Morgan fingerprint density at radius 3 is 2.54 bits per heavy atom. The molecule has 2 aromatic carbocycles. The highest BCUT2D eigenvalue weighted by Crippen LogP contribution is 2.32. The van der Waals surface area contributed by atoms with Crippen molar-refractivity contribution in [1.82, 2.24) is 0 Å². The number of hydrogen-bond acceptors (Lipinski definition) is 3. The van der Waals surface area contributed by atoms with Crippen LogP contribution in [0.4, 0.5) is 5.69 Å². The summed E-state index contributed by atoms with van der Waals surface area (Å²) in [7, 11) is 0. The molecule has 1 heterocycles. The quantitative estimate of drug-likeness (QED) is 0.451. The van der Waals surface area contributed by atoms with Crippen LogP contribution in [0.1, 0.15) is 24.8 Å². The van der Waals surface area contributed by atoms with Crippen molar-refractivity contribution in [1.29, 1.82) is 0 Å².